The van der Waals surface area contributed by atoms with Crippen LogP contribution in [0.5, 0.6) is 11.8 Å². The van der Waals surface area contributed by atoms with Crippen molar-refractivity contribution in [3.05, 3.63) is 0 Å². The van der Waals surface area contributed by atoms with Crippen molar-refractivity contribution in [1.29, 1.82) is 0 Å². The quantitative estimate of drug-likeness (QED) is 0.533. The van der Waals surface area contributed by atoms with E-state index in [2.05, 4.69) is 15.3 Å². The molecule has 0 amide bonds. The van der Waals surface area contributed by atoms with Crippen LogP contribution in [0.15, 0.2) is 0 Å². The summed E-state index contributed by atoms with van der Waals surface area (Å²) in [6, 6.07) is 0. The van der Waals surface area contributed by atoms with Crippen molar-refractivity contribution in [3.8, 4) is 11.8 Å². The highest BCUT2D eigenvalue weighted by atomic mass is 16.5. The molecule has 1 rings (SSSR count). The summed E-state index contributed by atoms with van der Waals surface area (Å²) in [4.78, 5) is 19.3. The van der Waals surface area contributed by atoms with E-state index in [4.69, 9.17) is 19.9 Å². The van der Waals surface area contributed by atoms with Gasteiger partial charge in [0.2, 0.25) is 17.7 Å². The molecule has 0 fully saturated rings. The summed E-state index contributed by atoms with van der Waals surface area (Å²) in [6.07, 6.45) is 0.946. The van der Waals surface area contributed by atoms with Gasteiger partial charge in [0.25, 0.3) is 0 Å². The van der Waals surface area contributed by atoms with Crippen LogP contribution in [0.25, 0.3) is 0 Å². The Balaban J connectivity index is 2.53. The maximum atomic E-state index is 11.2. The van der Waals surface area contributed by atoms with Crippen molar-refractivity contribution in [2.75, 3.05) is 38.4 Å². The highest BCUT2D eigenvalue weighted by molar-refractivity contribution is 5.69. The predicted molar refractivity (Wildman–Crippen MR) is 73.9 cm³/mol. The van der Waals surface area contributed by atoms with Crippen molar-refractivity contribution in [1.82, 2.24) is 9.97 Å². The van der Waals surface area contributed by atoms with Crippen molar-refractivity contribution in [3.63, 3.8) is 0 Å². The molecule has 0 aromatic carbocycles. The van der Waals surface area contributed by atoms with Crippen LogP contribution < -0.4 is 20.5 Å². The molecular weight excluding hydrogens is 264 g/mol. The summed E-state index contributed by atoms with van der Waals surface area (Å²) < 4.78 is 14.9. The zero-order chi connectivity index (χ0) is 15.0. The molecule has 1 aromatic rings. The van der Waals surface area contributed by atoms with Gasteiger partial charge in [0.1, 0.15) is 0 Å². The highest BCUT2D eigenvalue weighted by Crippen LogP contribution is 2.28. The number of hydrogen-bond donors (Lipinski definition) is 2. The molecule has 3 N–H and O–H groups in total. The first-order valence-corrected chi connectivity index (χ1v) is 6.27. The van der Waals surface area contributed by atoms with Crippen LogP contribution in [0.2, 0.25) is 0 Å². The van der Waals surface area contributed by atoms with Gasteiger partial charge in [0.05, 0.1) is 20.8 Å². The average Bonchev–Trinajstić information content (AvgIpc) is 2.45. The monoisotopic (exact) mass is 284 g/mol. The molecule has 1 aromatic heterocycles. The Morgan fingerprint density at radius 1 is 1.25 bits per heavy atom. The molecule has 1 heterocycles. The Morgan fingerprint density at radius 2 is 1.85 bits per heavy atom. The first kappa shape index (κ1) is 15.8. The molecule has 0 radical (unpaired) electrons. The van der Waals surface area contributed by atoms with Crippen LogP contribution in [0.1, 0.15) is 19.8 Å². The number of nitrogens with two attached hydrogens (primary N) is 1. The zero-order valence-electron chi connectivity index (χ0n) is 11.9. The van der Waals surface area contributed by atoms with E-state index < -0.39 is 0 Å². The summed E-state index contributed by atoms with van der Waals surface area (Å²) in [7, 11) is 2.92. The van der Waals surface area contributed by atoms with Crippen LogP contribution in [0.4, 0.5) is 11.6 Å². The van der Waals surface area contributed by atoms with E-state index in [0.29, 0.717) is 31.9 Å². The van der Waals surface area contributed by atoms with E-state index >= 15 is 0 Å². The lowest BCUT2D eigenvalue weighted by atomic mass is 10.3. The number of ether oxygens (including phenoxy) is 3. The molecule has 0 bridgehead atoms. The van der Waals surface area contributed by atoms with Gasteiger partial charge in [-0.05, 0) is 13.3 Å². The van der Waals surface area contributed by atoms with Crippen molar-refractivity contribution < 1.29 is 19.0 Å². The van der Waals surface area contributed by atoms with E-state index in [-0.39, 0.29) is 23.4 Å². The third-order valence-electron chi connectivity index (χ3n) is 2.41. The third-order valence-corrected chi connectivity index (χ3v) is 2.41. The standard InChI is InChI=1S/C12H20N4O4/c1-4-20-8(17)6-5-7-14-12-15-10(18-2)9(13)11(16-12)19-3/h4-7,13H2,1-3H3,(H,14,15,16). The lowest BCUT2D eigenvalue weighted by molar-refractivity contribution is -0.143. The summed E-state index contributed by atoms with van der Waals surface area (Å²) in [5, 5.41) is 2.97. The van der Waals surface area contributed by atoms with Gasteiger partial charge in [-0.1, -0.05) is 0 Å². The second-order valence-electron chi connectivity index (χ2n) is 3.81. The molecule has 8 heteroatoms. The number of nitrogens with one attached hydrogen (secondary N) is 1. The maximum absolute atomic E-state index is 11.2. The van der Waals surface area contributed by atoms with Gasteiger partial charge in [-0.25, -0.2) is 0 Å². The van der Waals surface area contributed by atoms with Gasteiger partial charge in [-0.3, -0.25) is 4.79 Å². The summed E-state index contributed by atoms with van der Waals surface area (Å²) in [5.74, 6) is 0.592. The molecule has 8 nitrogen and oxygen atoms in total. The van der Waals surface area contributed by atoms with E-state index in [1.165, 1.54) is 14.2 Å². The molecule has 0 saturated carbocycles. The van der Waals surface area contributed by atoms with Gasteiger partial charge >= 0.3 is 5.97 Å². The predicted octanol–water partition coefficient (Wildman–Crippen LogP) is 0.831. The number of nitrogen functional groups attached to an aromatic ring is 1. The number of carbonyl (C=O) groups excluding carboxylic acids is 1. The normalized spacial score (nSPS) is 9.95. The number of hydrogen-bond acceptors (Lipinski definition) is 8. The van der Waals surface area contributed by atoms with Crippen molar-refractivity contribution in [2.24, 2.45) is 0 Å². The average molecular weight is 284 g/mol. The third kappa shape index (κ3) is 4.45. The Labute approximate surface area is 117 Å². The van der Waals surface area contributed by atoms with E-state index in [1.54, 1.807) is 6.92 Å². The topological polar surface area (TPSA) is 109 Å². The molecule has 20 heavy (non-hydrogen) atoms. The number of aromatic nitrogens is 2. The summed E-state index contributed by atoms with van der Waals surface area (Å²) in [6.45, 7) is 2.69. The second-order valence-corrected chi connectivity index (χ2v) is 3.81. The summed E-state index contributed by atoms with van der Waals surface area (Å²) >= 11 is 0. The van der Waals surface area contributed by atoms with Crippen molar-refractivity contribution in [2.45, 2.75) is 19.8 Å². The van der Waals surface area contributed by atoms with Crippen LogP contribution >= 0.6 is 0 Å². The number of nitrogens with zero attached hydrogens (tertiary/aromatic N) is 2. The van der Waals surface area contributed by atoms with Crippen LogP contribution in [-0.4, -0.2) is 43.3 Å². The number of rotatable bonds is 8. The molecule has 0 saturated heterocycles. The molecule has 0 aliphatic heterocycles. The molecule has 0 atom stereocenters. The Morgan fingerprint density at radius 3 is 2.35 bits per heavy atom. The molecular formula is C12H20N4O4. The number of esters is 1. The SMILES string of the molecule is CCOC(=O)CCCNc1nc(OC)c(N)c(OC)n1. The van der Waals surface area contributed by atoms with Crippen LogP contribution in [-0.2, 0) is 9.53 Å². The molecule has 0 unspecified atom stereocenters. The largest absolute Gasteiger partial charge is 0.479 e. The molecule has 112 valence electrons. The van der Waals surface area contributed by atoms with Gasteiger partial charge in [-0.15, -0.1) is 0 Å². The fourth-order valence-corrected chi connectivity index (χ4v) is 1.49. The van der Waals surface area contributed by atoms with Gasteiger partial charge in [0, 0.05) is 13.0 Å². The lowest BCUT2D eigenvalue weighted by Crippen LogP contribution is -2.11. The second kappa shape index (κ2) is 8.03. The van der Waals surface area contributed by atoms with Crippen molar-refractivity contribution >= 4 is 17.6 Å². The Bertz CT molecular complexity index is 428. The van der Waals surface area contributed by atoms with Gasteiger partial charge in [0.15, 0.2) is 5.69 Å². The molecule has 0 aliphatic rings. The minimum absolute atomic E-state index is 0.220. The number of methoxy groups -OCH3 is 2. The maximum Gasteiger partial charge on any atom is 0.305 e. The lowest BCUT2D eigenvalue weighted by Gasteiger charge is -2.10. The highest BCUT2D eigenvalue weighted by Gasteiger charge is 2.12. The van der Waals surface area contributed by atoms with E-state index in [9.17, 15) is 4.79 Å². The fraction of sp³-hybridized carbons (Fsp3) is 0.583. The molecule has 0 spiro atoms. The fourth-order valence-electron chi connectivity index (χ4n) is 1.49. The van der Waals surface area contributed by atoms with Crippen LogP contribution in [0.3, 0.4) is 0 Å². The first-order valence-electron chi connectivity index (χ1n) is 6.27. The van der Waals surface area contributed by atoms with Gasteiger partial charge in [-0.2, -0.15) is 9.97 Å². The van der Waals surface area contributed by atoms with E-state index in [1.807, 2.05) is 0 Å². The van der Waals surface area contributed by atoms with Crippen LogP contribution in [0, 0.1) is 0 Å². The minimum atomic E-state index is -0.220. The van der Waals surface area contributed by atoms with E-state index in [0.717, 1.165) is 0 Å². The smallest absolute Gasteiger partial charge is 0.305 e. The first-order chi connectivity index (χ1) is 9.62. The Hall–Kier alpha value is -2.25. The minimum Gasteiger partial charge on any atom is -0.479 e. The molecule has 0 aliphatic carbocycles. The number of anilines is 2. The Kier molecular flexibility index (Phi) is 6.34. The summed E-state index contributed by atoms with van der Waals surface area (Å²) in [5.41, 5.74) is 5.98. The zero-order valence-corrected chi connectivity index (χ0v) is 11.9. The van der Waals surface area contributed by atoms with Gasteiger partial charge < -0.3 is 25.3 Å². The number of carbonyl (C=O) groups is 1.